The fourth-order valence-electron chi connectivity index (χ4n) is 1.99. The predicted molar refractivity (Wildman–Crippen MR) is 80.8 cm³/mol. The van der Waals surface area contributed by atoms with Crippen molar-refractivity contribution in [2.45, 2.75) is 38.6 Å². The van der Waals surface area contributed by atoms with Crippen LogP contribution in [0.4, 0.5) is 18.0 Å². The lowest BCUT2D eigenvalue weighted by Crippen LogP contribution is -2.38. The van der Waals surface area contributed by atoms with Gasteiger partial charge in [0, 0.05) is 7.05 Å². The molecule has 134 valence electrons. The summed E-state index contributed by atoms with van der Waals surface area (Å²) >= 11 is 0. The van der Waals surface area contributed by atoms with E-state index in [0.29, 0.717) is 0 Å². The molecule has 1 atom stereocenters. The van der Waals surface area contributed by atoms with Crippen molar-refractivity contribution in [3.05, 3.63) is 29.3 Å². The summed E-state index contributed by atoms with van der Waals surface area (Å²) in [5.41, 5.74) is -2.24. The molecule has 1 aromatic carbocycles. The largest absolute Gasteiger partial charge is 0.497 e. The Kier molecular flexibility index (Phi) is 5.86. The average Bonchev–Trinajstić information content (AvgIpc) is 2.45. The summed E-state index contributed by atoms with van der Waals surface area (Å²) in [5.74, 6) is -0.00403. The van der Waals surface area contributed by atoms with E-state index in [2.05, 4.69) is 0 Å². The van der Waals surface area contributed by atoms with Crippen molar-refractivity contribution in [2.24, 2.45) is 0 Å². The van der Waals surface area contributed by atoms with Crippen LogP contribution in [0.15, 0.2) is 18.2 Å². The molecule has 1 aromatic rings. The first-order valence-corrected chi connectivity index (χ1v) is 7.07. The lowest BCUT2D eigenvalue weighted by Gasteiger charge is -2.29. The summed E-state index contributed by atoms with van der Waals surface area (Å²) in [7, 11) is 2.44. The van der Waals surface area contributed by atoms with Crippen LogP contribution in [-0.4, -0.2) is 37.0 Å². The fourth-order valence-corrected chi connectivity index (χ4v) is 1.99. The first-order chi connectivity index (χ1) is 10.9. The van der Waals surface area contributed by atoms with Crippen molar-refractivity contribution in [3.63, 3.8) is 0 Å². The second-order valence-electron chi connectivity index (χ2n) is 6.12. The second kappa shape index (κ2) is 7.11. The zero-order chi connectivity index (χ0) is 18.7. The van der Waals surface area contributed by atoms with Crippen LogP contribution in [0.25, 0.3) is 0 Å². The van der Waals surface area contributed by atoms with E-state index in [1.807, 2.05) is 0 Å². The number of methoxy groups -OCH3 is 1. The van der Waals surface area contributed by atoms with E-state index in [1.54, 1.807) is 20.8 Å². The van der Waals surface area contributed by atoms with Crippen LogP contribution in [0.3, 0.4) is 0 Å². The van der Waals surface area contributed by atoms with Gasteiger partial charge in [0.05, 0.1) is 12.7 Å². The third-order valence-electron chi connectivity index (χ3n) is 3.11. The highest BCUT2D eigenvalue weighted by molar-refractivity contribution is 5.75. The van der Waals surface area contributed by atoms with E-state index >= 15 is 0 Å². The molecule has 0 aromatic heterocycles. The Morgan fingerprint density at radius 2 is 1.83 bits per heavy atom. The van der Waals surface area contributed by atoms with E-state index in [9.17, 15) is 22.8 Å². The number of halogens is 3. The van der Waals surface area contributed by atoms with Gasteiger partial charge in [-0.15, -0.1) is 0 Å². The van der Waals surface area contributed by atoms with Crippen LogP contribution in [0.2, 0.25) is 0 Å². The predicted octanol–water partition coefficient (Wildman–Crippen LogP) is 3.82. The fraction of sp³-hybridized carbons (Fsp3) is 0.500. The number of ether oxygens (including phenoxy) is 2. The minimum absolute atomic E-state index is 0.00403. The highest BCUT2D eigenvalue weighted by Gasteiger charge is 2.38. The molecule has 0 fully saturated rings. The van der Waals surface area contributed by atoms with Gasteiger partial charge in [-0.05, 0) is 38.5 Å². The number of carbonyl (C=O) groups excluding carboxylic acids is 2. The molecule has 0 aliphatic carbocycles. The summed E-state index contributed by atoms with van der Waals surface area (Å²) < 4.78 is 49.8. The van der Waals surface area contributed by atoms with E-state index in [0.717, 1.165) is 17.0 Å². The normalized spacial score (nSPS) is 13.2. The molecular formula is C16H20F3NO4. The number of likely N-dealkylation sites (N-methyl/N-ethyl adjacent to an activating group) is 1. The van der Waals surface area contributed by atoms with E-state index < -0.39 is 29.5 Å². The molecule has 1 unspecified atom stereocenters. The zero-order valence-electron chi connectivity index (χ0n) is 14.1. The van der Waals surface area contributed by atoms with Crippen molar-refractivity contribution >= 4 is 12.4 Å². The molecule has 24 heavy (non-hydrogen) atoms. The van der Waals surface area contributed by atoms with E-state index in [-0.39, 0.29) is 17.6 Å². The number of aldehydes is 1. The number of carbonyl (C=O) groups is 2. The molecule has 0 radical (unpaired) electrons. The Bertz CT molecular complexity index is 608. The molecule has 1 amide bonds. The number of alkyl halides is 3. The molecular weight excluding hydrogens is 327 g/mol. The van der Waals surface area contributed by atoms with Gasteiger partial charge in [0.2, 0.25) is 0 Å². The lowest BCUT2D eigenvalue weighted by molar-refractivity contribution is -0.139. The van der Waals surface area contributed by atoms with Gasteiger partial charge in [0.25, 0.3) is 0 Å². The van der Waals surface area contributed by atoms with E-state index in [4.69, 9.17) is 9.47 Å². The van der Waals surface area contributed by atoms with Crippen LogP contribution in [0.1, 0.15) is 37.9 Å². The Balaban J connectivity index is 3.30. The van der Waals surface area contributed by atoms with Crippen LogP contribution in [0, 0.1) is 0 Å². The molecule has 0 heterocycles. The van der Waals surface area contributed by atoms with Gasteiger partial charge in [-0.1, -0.05) is 6.07 Å². The van der Waals surface area contributed by atoms with Crippen molar-refractivity contribution in [3.8, 4) is 5.75 Å². The Morgan fingerprint density at radius 3 is 2.25 bits per heavy atom. The van der Waals surface area contributed by atoms with Crippen LogP contribution < -0.4 is 4.74 Å². The minimum Gasteiger partial charge on any atom is -0.497 e. The standard InChI is InChI=1S/C16H20F3NO4/c1-15(2,3)24-14(22)20(4)13(9-21)11-7-6-10(23-5)8-12(11)16(17,18)19/h6-9,13H,1-5H3. The number of amides is 1. The average molecular weight is 347 g/mol. The summed E-state index contributed by atoms with van der Waals surface area (Å²) in [5, 5.41) is 0. The summed E-state index contributed by atoms with van der Waals surface area (Å²) in [6.45, 7) is 4.84. The number of rotatable bonds is 4. The molecule has 8 heteroatoms. The maximum Gasteiger partial charge on any atom is 0.416 e. The molecule has 0 aliphatic heterocycles. The first-order valence-electron chi connectivity index (χ1n) is 7.07. The molecule has 1 rings (SSSR count). The third kappa shape index (κ3) is 4.87. The van der Waals surface area contributed by atoms with Gasteiger partial charge in [0.15, 0.2) is 0 Å². The molecule has 0 saturated heterocycles. The van der Waals surface area contributed by atoms with Gasteiger partial charge < -0.3 is 14.3 Å². The maximum absolute atomic E-state index is 13.3. The number of benzene rings is 1. The van der Waals surface area contributed by atoms with Crippen molar-refractivity contribution in [2.75, 3.05) is 14.2 Å². The summed E-state index contributed by atoms with van der Waals surface area (Å²) in [6, 6.07) is 1.75. The molecule has 0 saturated carbocycles. The molecule has 0 spiro atoms. The molecule has 0 bridgehead atoms. The van der Waals surface area contributed by atoms with Crippen LogP contribution in [0.5, 0.6) is 5.75 Å². The SMILES string of the molecule is COc1ccc(C(C=O)N(C)C(=O)OC(C)(C)C)c(C(F)(F)F)c1. The number of hydrogen-bond donors (Lipinski definition) is 0. The second-order valence-corrected chi connectivity index (χ2v) is 6.12. The highest BCUT2D eigenvalue weighted by Crippen LogP contribution is 2.38. The van der Waals surface area contributed by atoms with Crippen LogP contribution >= 0.6 is 0 Å². The zero-order valence-corrected chi connectivity index (χ0v) is 14.1. The van der Waals surface area contributed by atoms with Gasteiger partial charge in [-0.2, -0.15) is 13.2 Å². The van der Waals surface area contributed by atoms with E-state index in [1.165, 1.54) is 20.2 Å². The van der Waals surface area contributed by atoms with Gasteiger partial charge >= 0.3 is 12.3 Å². The van der Waals surface area contributed by atoms with Gasteiger partial charge in [-0.3, -0.25) is 4.90 Å². The molecule has 5 nitrogen and oxygen atoms in total. The quantitative estimate of drug-likeness (QED) is 0.777. The smallest absolute Gasteiger partial charge is 0.416 e. The topological polar surface area (TPSA) is 55.8 Å². The Morgan fingerprint density at radius 1 is 1.25 bits per heavy atom. The highest BCUT2D eigenvalue weighted by atomic mass is 19.4. The molecule has 0 N–H and O–H groups in total. The Hall–Kier alpha value is -2.25. The first kappa shape index (κ1) is 19.8. The van der Waals surface area contributed by atoms with Crippen molar-refractivity contribution in [1.82, 2.24) is 4.90 Å². The van der Waals surface area contributed by atoms with Crippen molar-refractivity contribution in [1.29, 1.82) is 0 Å². The monoisotopic (exact) mass is 347 g/mol. The minimum atomic E-state index is -4.71. The number of nitrogens with zero attached hydrogens (tertiary/aromatic N) is 1. The Labute approximate surface area is 138 Å². The van der Waals surface area contributed by atoms with Gasteiger partial charge in [0.1, 0.15) is 23.7 Å². The summed E-state index contributed by atoms with van der Waals surface area (Å²) in [4.78, 5) is 24.3. The third-order valence-corrected chi connectivity index (χ3v) is 3.11. The van der Waals surface area contributed by atoms with Crippen LogP contribution in [-0.2, 0) is 15.7 Å². The summed E-state index contributed by atoms with van der Waals surface area (Å²) in [6.07, 6.45) is -5.34. The molecule has 0 aliphatic rings. The number of hydrogen-bond acceptors (Lipinski definition) is 4. The van der Waals surface area contributed by atoms with Crippen molar-refractivity contribution < 1.29 is 32.2 Å². The lowest BCUT2D eigenvalue weighted by atomic mass is 9.99. The van der Waals surface area contributed by atoms with Gasteiger partial charge in [-0.25, -0.2) is 4.79 Å². The maximum atomic E-state index is 13.3.